The summed E-state index contributed by atoms with van der Waals surface area (Å²) in [4.78, 5) is 17.1. The van der Waals surface area contributed by atoms with Crippen molar-refractivity contribution in [1.82, 2.24) is 5.32 Å². The molecule has 2 N–H and O–H groups in total. The summed E-state index contributed by atoms with van der Waals surface area (Å²) in [6, 6.07) is 7.01. The Hall–Kier alpha value is -2.04. The van der Waals surface area contributed by atoms with E-state index in [1.54, 1.807) is 18.2 Å². The summed E-state index contributed by atoms with van der Waals surface area (Å²) in [6.45, 7) is 3.95. The second-order valence-electron chi connectivity index (χ2n) is 4.67. The van der Waals surface area contributed by atoms with Gasteiger partial charge in [0.1, 0.15) is 5.75 Å². The molecule has 0 fully saturated rings. The van der Waals surface area contributed by atoms with Gasteiger partial charge in [0.05, 0.1) is 5.71 Å². The third kappa shape index (κ3) is 3.05. The van der Waals surface area contributed by atoms with Crippen molar-refractivity contribution in [2.45, 2.75) is 38.8 Å². The first-order valence-corrected chi connectivity index (χ1v) is 6.43. The first-order valence-electron chi connectivity index (χ1n) is 6.43. The highest BCUT2D eigenvalue weighted by molar-refractivity contribution is 6.05. The molecule has 102 valence electrons. The SMILES string of the molecule is CC[C@@H](C)NC(=O)[C@H]1CC(c2ccccc2O)=NO1. The molecule has 2 atom stereocenters. The van der Waals surface area contributed by atoms with Gasteiger partial charge in [-0.25, -0.2) is 0 Å². The van der Waals surface area contributed by atoms with E-state index in [9.17, 15) is 9.90 Å². The third-order valence-electron chi connectivity index (χ3n) is 3.18. The predicted molar refractivity (Wildman–Crippen MR) is 72.0 cm³/mol. The van der Waals surface area contributed by atoms with Crippen LogP contribution < -0.4 is 5.32 Å². The number of rotatable bonds is 4. The summed E-state index contributed by atoms with van der Waals surface area (Å²) in [5, 5.41) is 16.5. The van der Waals surface area contributed by atoms with Crippen LogP contribution in [0.1, 0.15) is 32.3 Å². The van der Waals surface area contributed by atoms with Crippen molar-refractivity contribution in [3.8, 4) is 5.75 Å². The van der Waals surface area contributed by atoms with E-state index in [0.717, 1.165) is 6.42 Å². The highest BCUT2D eigenvalue weighted by Gasteiger charge is 2.30. The van der Waals surface area contributed by atoms with Crippen LogP contribution in [0.4, 0.5) is 0 Å². The number of carbonyl (C=O) groups is 1. The molecule has 0 radical (unpaired) electrons. The van der Waals surface area contributed by atoms with E-state index in [1.807, 2.05) is 19.9 Å². The molecule has 1 aromatic carbocycles. The number of nitrogens with zero attached hydrogens (tertiary/aromatic N) is 1. The Morgan fingerprint density at radius 2 is 2.32 bits per heavy atom. The average molecular weight is 262 g/mol. The van der Waals surface area contributed by atoms with Crippen molar-refractivity contribution >= 4 is 11.6 Å². The second-order valence-corrected chi connectivity index (χ2v) is 4.67. The molecule has 5 heteroatoms. The number of aromatic hydroxyl groups is 1. The minimum Gasteiger partial charge on any atom is -0.507 e. The lowest BCUT2D eigenvalue weighted by Crippen LogP contribution is -2.39. The number of benzene rings is 1. The van der Waals surface area contributed by atoms with Gasteiger partial charge in [-0.15, -0.1) is 0 Å². The molecular weight excluding hydrogens is 244 g/mol. The molecule has 1 amide bonds. The van der Waals surface area contributed by atoms with Crippen LogP contribution in [-0.4, -0.2) is 28.9 Å². The van der Waals surface area contributed by atoms with E-state index in [2.05, 4.69) is 10.5 Å². The first-order chi connectivity index (χ1) is 9.11. The van der Waals surface area contributed by atoms with Crippen molar-refractivity contribution in [1.29, 1.82) is 0 Å². The van der Waals surface area contributed by atoms with Crippen LogP contribution in [0.3, 0.4) is 0 Å². The standard InChI is InChI=1S/C14H18N2O3/c1-3-9(2)15-14(18)13-8-11(16-19-13)10-6-4-5-7-12(10)17/h4-7,9,13,17H,3,8H2,1-2H3,(H,15,18)/t9-,13-/m1/s1. The zero-order valence-corrected chi connectivity index (χ0v) is 11.1. The topological polar surface area (TPSA) is 70.9 Å². The summed E-state index contributed by atoms with van der Waals surface area (Å²) < 4.78 is 0. The molecular formula is C14H18N2O3. The van der Waals surface area contributed by atoms with Crippen LogP contribution in [0.25, 0.3) is 0 Å². The fourth-order valence-corrected chi connectivity index (χ4v) is 1.83. The van der Waals surface area contributed by atoms with Crippen molar-refractivity contribution in [2.75, 3.05) is 0 Å². The van der Waals surface area contributed by atoms with Gasteiger partial charge in [0.2, 0.25) is 6.10 Å². The Balaban J connectivity index is 2.00. The quantitative estimate of drug-likeness (QED) is 0.869. The van der Waals surface area contributed by atoms with Gasteiger partial charge in [-0.3, -0.25) is 4.79 Å². The molecule has 0 spiro atoms. The third-order valence-corrected chi connectivity index (χ3v) is 3.18. The summed E-state index contributed by atoms with van der Waals surface area (Å²) in [7, 11) is 0. The molecule has 0 unspecified atom stereocenters. The number of hydrogen-bond acceptors (Lipinski definition) is 4. The van der Waals surface area contributed by atoms with Crippen molar-refractivity contribution in [2.24, 2.45) is 5.16 Å². The number of para-hydroxylation sites is 1. The zero-order valence-electron chi connectivity index (χ0n) is 11.1. The van der Waals surface area contributed by atoms with Crippen LogP contribution in [0.15, 0.2) is 29.4 Å². The number of hydrogen-bond donors (Lipinski definition) is 2. The maximum atomic E-state index is 11.9. The molecule has 1 aliphatic heterocycles. The maximum absolute atomic E-state index is 11.9. The fraction of sp³-hybridized carbons (Fsp3) is 0.429. The summed E-state index contributed by atoms with van der Waals surface area (Å²) in [5.74, 6) is -0.0173. The summed E-state index contributed by atoms with van der Waals surface area (Å²) in [5.41, 5.74) is 1.21. The smallest absolute Gasteiger partial charge is 0.264 e. The van der Waals surface area contributed by atoms with E-state index in [0.29, 0.717) is 17.7 Å². The van der Waals surface area contributed by atoms with Gasteiger partial charge in [-0.1, -0.05) is 24.2 Å². The van der Waals surface area contributed by atoms with Gasteiger partial charge in [-0.2, -0.15) is 0 Å². The monoisotopic (exact) mass is 262 g/mol. The largest absolute Gasteiger partial charge is 0.507 e. The van der Waals surface area contributed by atoms with Crippen molar-refractivity contribution < 1.29 is 14.7 Å². The lowest BCUT2D eigenvalue weighted by atomic mass is 10.0. The molecule has 1 aromatic rings. The number of carbonyl (C=O) groups excluding carboxylic acids is 1. The Bertz CT molecular complexity index is 499. The average Bonchev–Trinajstić information content (AvgIpc) is 2.88. The predicted octanol–water partition coefficient (Wildman–Crippen LogP) is 1.80. The molecule has 0 bridgehead atoms. The highest BCUT2D eigenvalue weighted by Crippen LogP contribution is 2.23. The van der Waals surface area contributed by atoms with Gasteiger partial charge in [0, 0.05) is 18.0 Å². The number of amides is 1. The van der Waals surface area contributed by atoms with Gasteiger partial charge >= 0.3 is 0 Å². The Kier molecular flexibility index (Phi) is 4.04. The van der Waals surface area contributed by atoms with E-state index >= 15 is 0 Å². The molecule has 2 rings (SSSR count). The molecule has 0 aromatic heterocycles. The highest BCUT2D eigenvalue weighted by atomic mass is 16.6. The van der Waals surface area contributed by atoms with Crippen LogP contribution in [-0.2, 0) is 9.63 Å². The Morgan fingerprint density at radius 1 is 1.58 bits per heavy atom. The van der Waals surface area contributed by atoms with Crippen molar-refractivity contribution in [3.63, 3.8) is 0 Å². The van der Waals surface area contributed by atoms with Gasteiger partial charge < -0.3 is 15.3 Å². The summed E-state index contributed by atoms with van der Waals surface area (Å²) in [6.07, 6.45) is 0.634. The molecule has 0 saturated carbocycles. The van der Waals surface area contributed by atoms with Crippen LogP contribution in [0.2, 0.25) is 0 Å². The minimum atomic E-state index is -0.608. The molecule has 0 saturated heterocycles. The van der Waals surface area contributed by atoms with E-state index in [1.165, 1.54) is 0 Å². The summed E-state index contributed by atoms with van der Waals surface area (Å²) >= 11 is 0. The van der Waals surface area contributed by atoms with Crippen LogP contribution in [0.5, 0.6) is 5.75 Å². The van der Waals surface area contributed by atoms with Gasteiger partial charge in [0.15, 0.2) is 0 Å². The number of oxime groups is 1. The molecule has 5 nitrogen and oxygen atoms in total. The number of nitrogens with one attached hydrogen (secondary N) is 1. The lowest BCUT2D eigenvalue weighted by Gasteiger charge is -2.14. The van der Waals surface area contributed by atoms with Crippen LogP contribution >= 0.6 is 0 Å². The van der Waals surface area contributed by atoms with E-state index in [4.69, 9.17) is 4.84 Å². The lowest BCUT2D eigenvalue weighted by molar-refractivity contribution is -0.131. The normalized spacial score (nSPS) is 19.5. The fourth-order valence-electron chi connectivity index (χ4n) is 1.83. The van der Waals surface area contributed by atoms with E-state index in [-0.39, 0.29) is 17.7 Å². The Labute approximate surface area is 112 Å². The van der Waals surface area contributed by atoms with E-state index < -0.39 is 6.10 Å². The zero-order chi connectivity index (χ0) is 13.8. The van der Waals surface area contributed by atoms with Gasteiger partial charge in [-0.05, 0) is 25.5 Å². The van der Waals surface area contributed by atoms with Crippen LogP contribution in [0, 0.1) is 0 Å². The maximum Gasteiger partial charge on any atom is 0.264 e. The molecule has 1 heterocycles. The number of phenolic OH excluding ortho intramolecular Hbond substituents is 1. The molecule has 0 aliphatic carbocycles. The molecule has 1 aliphatic rings. The Morgan fingerprint density at radius 3 is 3.00 bits per heavy atom. The van der Waals surface area contributed by atoms with Crippen molar-refractivity contribution in [3.05, 3.63) is 29.8 Å². The second kappa shape index (κ2) is 5.73. The molecule has 19 heavy (non-hydrogen) atoms. The first kappa shape index (κ1) is 13.4. The number of phenols is 1. The van der Waals surface area contributed by atoms with Gasteiger partial charge in [0.25, 0.3) is 5.91 Å². The minimum absolute atomic E-state index is 0.116.